The van der Waals surface area contributed by atoms with Crippen LogP contribution in [0.3, 0.4) is 0 Å². The molecule has 0 unspecified atom stereocenters. The second-order valence-corrected chi connectivity index (χ2v) is 9.23. The summed E-state index contributed by atoms with van der Waals surface area (Å²) in [6.07, 6.45) is 0. The summed E-state index contributed by atoms with van der Waals surface area (Å²) in [5.74, 6) is 0. The van der Waals surface area contributed by atoms with Crippen LogP contribution in [-0.4, -0.2) is 34.2 Å². The van der Waals surface area contributed by atoms with Gasteiger partial charge < -0.3 is 0 Å². The number of anilines is 1. The van der Waals surface area contributed by atoms with Gasteiger partial charge in [0.2, 0.25) is 10.0 Å². The molecule has 0 aromatic heterocycles. The molecule has 0 radical (unpaired) electrons. The van der Waals surface area contributed by atoms with E-state index in [2.05, 4.69) is 4.72 Å². The lowest BCUT2D eigenvalue weighted by molar-refractivity contribution is 0.445. The largest absolute Gasteiger partial charge is 0.280 e. The van der Waals surface area contributed by atoms with Gasteiger partial charge in [0.25, 0.3) is 10.0 Å². The molecule has 25 heavy (non-hydrogen) atoms. The van der Waals surface area contributed by atoms with Gasteiger partial charge in [-0.3, -0.25) is 4.72 Å². The summed E-state index contributed by atoms with van der Waals surface area (Å²) in [6, 6.07) is 11.4. The van der Waals surface area contributed by atoms with E-state index in [4.69, 9.17) is 11.6 Å². The number of nitrogens with one attached hydrogen (secondary N) is 1. The maximum Gasteiger partial charge on any atom is 0.261 e. The summed E-state index contributed by atoms with van der Waals surface area (Å²) in [5, 5.41) is 0.404. The number of sulfonamides is 2. The molecular weight excluding hydrogens is 384 g/mol. The van der Waals surface area contributed by atoms with Crippen LogP contribution in [0.4, 0.5) is 5.69 Å². The second-order valence-electron chi connectivity index (χ2n) is 5.18. The van der Waals surface area contributed by atoms with E-state index in [-0.39, 0.29) is 9.79 Å². The molecule has 136 valence electrons. The molecule has 0 aliphatic carbocycles. The fourth-order valence-electron chi connectivity index (χ4n) is 2.27. The zero-order valence-electron chi connectivity index (χ0n) is 13.8. The van der Waals surface area contributed by atoms with Crippen LogP contribution < -0.4 is 4.72 Å². The maximum atomic E-state index is 12.4. The second kappa shape index (κ2) is 7.74. The molecule has 0 bridgehead atoms. The van der Waals surface area contributed by atoms with Gasteiger partial charge >= 0.3 is 0 Å². The molecule has 0 saturated heterocycles. The van der Waals surface area contributed by atoms with E-state index in [0.29, 0.717) is 23.8 Å². The van der Waals surface area contributed by atoms with Gasteiger partial charge in [-0.2, -0.15) is 4.31 Å². The van der Waals surface area contributed by atoms with Gasteiger partial charge in [0.15, 0.2) is 0 Å². The average molecular weight is 403 g/mol. The molecule has 0 aliphatic heterocycles. The molecule has 0 aliphatic rings. The predicted molar refractivity (Wildman–Crippen MR) is 98.8 cm³/mol. The molecule has 0 atom stereocenters. The van der Waals surface area contributed by atoms with E-state index in [9.17, 15) is 16.8 Å². The molecule has 6 nitrogen and oxygen atoms in total. The number of halogens is 1. The summed E-state index contributed by atoms with van der Waals surface area (Å²) in [7, 11) is -7.47. The van der Waals surface area contributed by atoms with E-state index in [0.717, 1.165) is 0 Å². The standard InChI is InChI=1S/C16H19ClN2O4S2/c1-3-19(4-2)25(22,23)16-10-8-15(9-11-16)24(20,21)18-14-7-5-6-13(17)12-14/h5-12,18H,3-4H2,1-2H3. The monoisotopic (exact) mass is 402 g/mol. The SMILES string of the molecule is CCN(CC)S(=O)(=O)c1ccc(S(=O)(=O)Nc2cccc(Cl)c2)cc1. The minimum atomic E-state index is -3.84. The first kappa shape index (κ1) is 19.7. The quantitative estimate of drug-likeness (QED) is 0.770. The Morgan fingerprint density at radius 2 is 1.48 bits per heavy atom. The van der Waals surface area contributed by atoms with E-state index < -0.39 is 20.0 Å². The highest BCUT2D eigenvalue weighted by molar-refractivity contribution is 7.92. The number of rotatable bonds is 7. The normalized spacial score (nSPS) is 12.3. The summed E-state index contributed by atoms with van der Waals surface area (Å²) in [4.78, 5) is 0.0175. The molecule has 2 rings (SSSR count). The Labute approximate surface area is 153 Å². The molecule has 0 spiro atoms. The number of benzene rings is 2. The van der Waals surface area contributed by atoms with Crippen molar-refractivity contribution >= 4 is 37.3 Å². The molecular formula is C16H19ClN2O4S2. The molecule has 2 aromatic carbocycles. The Kier molecular flexibility index (Phi) is 6.10. The molecule has 0 saturated carbocycles. The fourth-order valence-corrected chi connectivity index (χ4v) is 4.97. The van der Waals surface area contributed by atoms with E-state index in [1.807, 2.05) is 0 Å². The summed E-state index contributed by atoms with van der Waals surface area (Å²) < 4.78 is 53.4. The van der Waals surface area contributed by atoms with Gasteiger partial charge in [0.05, 0.1) is 15.5 Å². The van der Waals surface area contributed by atoms with Crippen LogP contribution in [0.15, 0.2) is 58.3 Å². The van der Waals surface area contributed by atoms with Crippen LogP contribution in [-0.2, 0) is 20.0 Å². The van der Waals surface area contributed by atoms with Crippen molar-refractivity contribution < 1.29 is 16.8 Å². The predicted octanol–water partition coefficient (Wildman–Crippen LogP) is 3.17. The molecule has 0 heterocycles. The number of nitrogens with zero attached hydrogens (tertiary/aromatic N) is 1. The Morgan fingerprint density at radius 1 is 0.920 bits per heavy atom. The zero-order valence-corrected chi connectivity index (χ0v) is 16.2. The average Bonchev–Trinajstić information content (AvgIpc) is 2.55. The van der Waals surface area contributed by atoms with E-state index >= 15 is 0 Å². The minimum Gasteiger partial charge on any atom is -0.280 e. The van der Waals surface area contributed by atoms with Gasteiger partial charge in [0.1, 0.15) is 0 Å². The molecule has 0 fully saturated rings. The van der Waals surface area contributed by atoms with Crippen molar-refractivity contribution in [2.75, 3.05) is 17.8 Å². The highest BCUT2D eigenvalue weighted by Crippen LogP contribution is 2.22. The zero-order chi connectivity index (χ0) is 18.7. The first-order valence-corrected chi connectivity index (χ1v) is 10.9. The maximum absolute atomic E-state index is 12.4. The van der Waals surface area contributed by atoms with Crippen LogP contribution >= 0.6 is 11.6 Å². The van der Waals surface area contributed by atoms with Crippen molar-refractivity contribution in [3.63, 3.8) is 0 Å². The summed E-state index contributed by atoms with van der Waals surface area (Å²) in [5.41, 5.74) is 0.326. The Balaban J connectivity index is 2.30. The topological polar surface area (TPSA) is 83.6 Å². The smallest absolute Gasteiger partial charge is 0.261 e. The van der Waals surface area contributed by atoms with Crippen molar-refractivity contribution in [2.24, 2.45) is 0 Å². The highest BCUT2D eigenvalue weighted by atomic mass is 35.5. The van der Waals surface area contributed by atoms with Crippen molar-refractivity contribution in [3.8, 4) is 0 Å². The van der Waals surface area contributed by atoms with Crippen LogP contribution in [0, 0.1) is 0 Å². The lowest BCUT2D eigenvalue weighted by Crippen LogP contribution is -2.30. The van der Waals surface area contributed by atoms with Crippen LogP contribution in [0.2, 0.25) is 5.02 Å². The molecule has 0 amide bonds. The third-order valence-corrected chi connectivity index (χ3v) is 7.25. The molecule has 9 heteroatoms. The number of hydrogen-bond donors (Lipinski definition) is 1. The van der Waals surface area contributed by atoms with Gasteiger partial charge in [-0.1, -0.05) is 31.5 Å². The van der Waals surface area contributed by atoms with Gasteiger partial charge in [0, 0.05) is 18.1 Å². The van der Waals surface area contributed by atoms with Crippen LogP contribution in [0.1, 0.15) is 13.8 Å². The molecule has 1 N–H and O–H groups in total. The van der Waals surface area contributed by atoms with Crippen LogP contribution in [0.25, 0.3) is 0 Å². The Hall–Kier alpha value is -1.61. The van der Waals surface area contributed by atoms with E-state index in [1.54, 1.807) is 32.0 Å². The van der Waals surface area contributed by atoms with Crippen LogP contribution in [0.5, 0.6) is 0 Å². The van der Waals surface area contributed by atoms with Crippen molar-refractivity contribution in [2.45, 2.75) is 23.6 Å². The lowest BCUT2D eigenvalue weighted by Gasteiger charge is -2.18. The molecule has 2 aromatic rings. The lowest BCUT2D eigenvalue weighted by atomic mass is 10.3. The van der Waals surface area contributed by atoms with E-state index in [1.165, 1.54) is 34.6 Å². The van der Waals surface area contributed by atoms with Crippen molar-refractivity contribution in [3.05, 3.63) is 53.6 Å². The Bertz CT molecular complexity index is 938. The van der Waals surface area contributed by atoms with Crippen molar-refractivity contribution in [1.29, 1.82) is 0 Å². The fraction of sp³-hybridized carbons (Fsp3) is 0.250. The Morgan fingerprint density at radius 3 is 2.00 bits per heavy atom. The third kappa shape index (κ3) is 4.52. The third-order valence-electron chi connectivity index (χ3n) is 3.55. The van der Waals surface area contributed by atoms with Gasteiger partial charge in [-0.05, 0) is 42.5 Å². The summed E-state index contributed by atoms with van der Waals surface area (Å²) in [6.45, 7) is 4.17. The minimum absolute atomic E-state index is 0.0361. The highest BCUT2D eigenvalue weighted by Gasteiger charge is 2.22. The van der Waals surface area contributed by atoms with Gasteiger partial charge in [-0.15, -0.1) is 0 Å². The van der Waals surface area contributed by atoms with Gasteiger partial charge in [-0.25, -0.2) is 16.8 Å². The first-order chi connectivity index (χ1) is 11.7. The summed E-state index contributed by atoms with van der Waals surface area (Å²) >= 11 is 5.84. The number of hydrogen-bond acceptors (Lipinski definition) is 4. The van der Waals surface area contributed by atoms with Crippen molar-refractivity contribution in [1.82, 2.24) is 4.31 Å². The first-order valence-electron chi connectivity index (χ1n) is 7.59.